The molecule has 0 saturated carbocycles. The van der Waals surface area contributed by atoms with E-state index in [-0.39, 0.29) is 11.9 Å². The summed E-state index contributed by atoms with van der Waals surface area (Å²) in [4.78, 5) is 19.5. The maximum atomic E-state index is 11.3. The Balaban J connectivity index is 2.80. The number of aromatic nitrogens is 2. The fraction of sp³-hybridized carbons (Fsp3) is 0.444. The largest absolute Gasteiger partial charge is 0.358 e. The van der Waals surface area contributed by atoms with E-state index in [2.05, 4.69) is 26.0 Å². The molecule has 1 unspecified atom stereocenters. The Hall–Kier alpha value is -1.89. The predicted octanol–water partition coefficient (Wildman–Crippen LogP) is -0.383. The van der Waals surface area contributed by atoms with Gasteiger partial charge in [0.05, 0.1) is 0 Å². The molecule has 0 radical (unpaired) electrons. The molecule has 0 aliphatic rings. The molecule has 7 nitrogen and oxygen atoms in total. The minimum atomic E-state index is -0.370. The highest BCUT2D eigenvalue weighted by molar-refractivity contribution is 5.83. The Kier molecular flexibility index (Phi) is 4.01. The van der Waals surface area contributed by atoms with Crippen molar-refractivity contribution in [3.8, 4) is 0 Å². The summed E-state index contributed by atoms with van der Waals surface area (Å²) in [6.07, 6.45) is 0. The molecule has 0 spiro atoms. The molecule has 7 heteroatoms. The SMILES string of the molecule is CNC(=O)C(C)Nc1cc(NN)nc(C)n1. The van der Waals surface area contributed by atoms with Crippen molar-refractivity contribution in [1.29, 1.82) is 0 Å². The highest BCUT2D eigenvalue weighted by atomic mass is 16.2. The third-order valence-electron chi connectivity index (χ3n) is 1.99. The molecule has 0 saturated heterocycles. The van der Waals surface area contributed by atoms with Crippen LogP contribution in [0.2, 0.25) is 0 Å². The molecule has 0 aliphatic carbocycles. The number of carbonyl (C=O) groups is 1. The fourth-order valence-corrected chi connectivity index (χ4v) is 1.22. The third kappa shape index (κ3) is 3.06. The van der Waals surface area contributed by atoms with E-state index >= 15 is 0 Å². The van der Waals surface area contributed by atoms with Gasteiger partial charge >= 0.3 is 0 Å². The zero-order valence-corrected chi connectivity index (χ0v) is 9.53. The normalized spacial score (nSPS) is 11.8. The molecule has 5 N–H and O–H groups in total. The number of nitrogens with zero attached hydrogens (tertiary/aromatic N) is 2. The first kappa shape index (κ1) is 12.2. The maximum absolute atomic E-state index is 11.3. The van der Waals surface area contributed by atoms with Crippen LogP contribution in [-0.4, -0.2) is 29.0 Å². The summed E-state index contributed by atoms with van der Waals surface area (Å²) in [6, 6.07) is 1.26. The van der Waals surface area contributed by atoms with Crippen LogP contribution in [0.15, 0.2) is 6.07 Å². The number of hydrogen-bond donors (Lipinski definition) is 4. The number of hydrogen-bond acceptors (Lipinski definition) is 6. The van der Waals surface area contributed by atoms with E-state index < -0.39 is 0 Å². The molecule has 1 atom stereocenters. The van der Waals surface area contributed by atoms with E-state index in [1.165, 1.54) is 0 Å². The van der Waals surface area contributed by atoms with Crippen LogP contribution in [0.1, 0.15) is 12.7 Å². The molecule has 88 valence electrons. The zero-order chi connectivity index (χ0) is 12.1. The summed E-state index contributed by atoms with van der Waals surface area (Å²) in [5.74, 6) is 6.77. The Bertz CT molecular complexity index is 380. The lowest BCUT2D eigenvalue weighted by molar-refractivity contribution is -0.121. The number of carbonyl (C=O) groups excluding carboxylic acids is 1. The highest BCUT2D eigenvalue weighted by Crippen LogP contribution is 2.10. The molecule has 1 aromatic rings. The van der Waals surface area contributed by atoms with Crippen molar-refractivity contribution in [2.45, 2.75) is 19.9 Å². The molecule has 0 aliphatic heterocycles. The van der Waals surface area contributed by atoms with Gasteiger partial charge in [-0.25, -0.2) is 15.8 Å². The minimum Gasteiger partial charge on any atom is -0.358 e. The van der Waals surface area contributed by atoms with Crippen LogP contribution in [0, 0.1) is 6.92 Å². The van der Waals surface area contributed by atoms with Crippen molar-refractivity contribution in [2.75, 3.05) is 17.8 Å². The van der Waals surface area contributed by atoms with Gasteiger partial charge in [-0.1, -0.05) is 0 Å². The van der Waals surface area contributed by atoms with E-state index in [0.29, 0.717) is 17.5 Å². The van der Waals surface area contributed by atoms with Crippen molar-refractivity contribution >= 4 is 17.5 Å². The van der Waals surface area contributed by atoms with Crippen LogP contribution < -0.4 is 21.9 Å². The third-order valence-corrected chi connectivity index (χ3v) is 1.99. The zero-order valence-electron chi connectivity index (χ0n) is 9.53. The molecule has 1 amide bonds. The van der Waals surface area contributed by atoms with Crippen LogP contribution in [0.3, 0.4) is 0 Å². The van der Waals surface area contributed by atoms with Crippen molar-refractivity contribution in [3.05, 3.63) is 11.9 Å². The smallest absolute Gasteiger partial charge is 0.241 e. The Morgan fingerprint density at radius 1 is 1.44 bits per heavy atom. The van der Waals surface area contributed by atoms with Crippen LogP contribution in [-0.2, 0) is 4.79 Å². The van der Waals surface area contributed by atoms with Gasteiger partial charge in [-0.2, -0.15) is 0 Å². The second-order valence-electron chi connectivity index (χ2n) is 3.31. The molecular weight excluding hydrogens is 208 g/mol. The van der Waals surface area contributed by atoms with Gasteiger partial charge in [0.15, 0.2) is 0 Å². The van der Waals surface area contributed by atoms with E-state index in [1.54, 1.807) is 27.0 Å². The lowest BCUT2D eigenvalue weighted by atomic mass is 10.3. The number of amides is 1. The van der Waals surface area contributed by atoms with Gasteiger partial charge in [0, 0.05) is 13.1 Å². The number of nitrogen functional groups attached to an aromatic ring is 1. The van der Waals surface area contributed by atoms with E-state index in [0.717, 1.165) is 0 Å². The highest BCUT2D eigenvalue weighted by Gasteiger charge is 2.11. The summed E-state index contributed by atoms with van der Waals surface area (Å²) in [5.41, 5.74) is 2.43. The molecular formula is C9H16N6O. The molecule has 0 fully saturated rings. The standard InChI is InChI=1S/C9H16N6O/c1-5(9(16)11-3)12-7-4-8(15-10)14-6(2)13-7/h4-5H,10H2,1-3H3,(H,11,16)(H2,12,13,14,15). The Morgan fingerprint density at radius 2 is 2.06 bits per heavy atom. The van der Waals surface area contributed by atoms with Gasteiger partial charge in [-0.05, 0) is 13.8 Å². The van der Waals surface area contributed by atoms with Gasteiger partial charge in [-0.3, -0.25) is 4.79 Å². The predicted molar refractivity (Wildman–Crippen MR) is 61.7 cm³/mol. The maximum Gasteiger partial charge on any atom is 0.241 e. The molecule has 0 bridgehead atoms. The second kappa shape index (κ2) is 5.26. The molecule has 1 rings (SSSR count). The van der Waals surface area contributed by atoms with E-state index in [1.807, 2.05) is 0 Å². The average molecular weight is 224 g/mol. The number of hydrazine groups is 1. The molecule has 16 heavy (non-hydrogen) atoms. The van der Waals surface area contributed by atoms with Crippen molar-refractivity contribution < 1.29 is 4.79 Å². The number of anilines is 2. The monoisotopic (exact) mass is 224 g/mol. The summed E-state index contributed by atoms with van der Waals surface area (Å²) in [7, 11) is 1.58. The Labute approximate surface area is 93.8 Å². The fourth-order valence-electron chi connectivity index (χ4n) is 1.22. The lowest BCUT2D eigenvalue weighted by Crippen LogP contribution is -2.35. The summed E-state index contributed by atoms with van der Waals surface area (Å²) in [6.45, 7) is 3.49. The van der Waals surface area contributed by atoms with Crippen LogP contribution in [0.25, 0.3) is 0 Å². The molecule has 0 aromatic carbocycles. The van der Waals surface area contributed by atoms with Gasteiger partial charge in [-0.15, -0.1) is 0 Å². The molecule has 1 heterocycles. The summed E-state index contributed by atoms with van der Waals surface area (Å²) >= 11 is 0. The van der Waals surface area contributed by atoms with Crippen LogP contribution >= 0.6 is 0 Å². The summed E-state index contributed by atoms with van der Waals surface area (Å²) in [5, 5.41) is 5.49. The second-order valence-corrected chi connectivity index (χ2v) is 3.31. The van der Waals surface area contributed by atoms with Gasteiger partial charge in [0.1, 0.15) is 23.5 Å². The van der Waals surface area contributed by atoms with Gasteiger partial charge in [0.25, 0.3) is 0 Å². The molecule has 1 aromatic heterocycles. The van der Waals surface area contributed by atoms with Crippen molar-refractivity contribution in [1.82, 2.24) is 15.3 Å². The minimum absolute atomic E-state index is 0.112. The number of nitrogens with one attached hydrogen (secondary N) is 3. The van der Waals surface area contributed by atoms with Crippen molar-refractivity contribution in [3.63, 3.8) is 0 Å². The number of rotatable bonds is 4. The van der Waals surface area contributed by atoms with E-state index in [9.17, 15) is 4.79 Å². The summed E-state index contributed by atoms with van der Waals surface area (Å²) < 4.78 is 0. The van der Waals surface area contributed by atoms with Gasteiger partial charge < -0.3 is 16.1 Å². The van der Waals surface area contributed by atoms with Gasteiger partial charge in [0.2, 0.25) is 5.91 Å². The lowest BCUT2D eigenvalue weighted by Gasteiger charge is -2.13. The first-order chi connectivity index (χ1) is 7.56. The first-order valence-electron chi connectivity index (χ1n) is 4.87. The van der Waals surface area contributed by atoms with E-state index in [4.69, 9.17) is 5.84 Å². The van der Waals surface area contributed by atoms with Crippen LogP contribution in [0.4, 0.5) is 11.6 Å². The van der Waals surface area contributed by atoms with Crippen molar-refractivity contribution in [2.24, 2.45) is 5.84 Å². The van der Waals surface area contributed by atoms with Crippen LogP contribution in [0.5, 0.6) is 0 Å². The average Bonchev–Trinajstić information content (AvgIpc) is 2.26. The first-order valence-corrected chi connectivity index (χ1v) is 4.87. The quantitative estimate of drug-likeness (QED) is 0.410. The number of aryl methyl sites for hydroxylation is 1. The topological polar surface area (TPSA) is 105 Å². The number of nitrogens with two attached hydrogens (primary N) is 1. The Morgan fingerprint density at radius 3 is 2.62 bits per heavy atom. The number of likely N-dealkylation sites (N-methyl/N-ethyl adjacent to an activating group) is 1.